The number of carboxylic acid groups (broad SMARTS) is 1. The fourth-order valence-electron chi connectivity index (χ4n) is 2.66. The standard InChI is InChI=1S/C17H25N3O4S/c1-25-10-6-15(16(21)22)19-17(23)20-8-4-14(5-9-20)24-12-13-3-2-7-18-11-13/h2-3,7,11,14-15H,4-6,8-10,12H2,1H3,(H,19,23)(H,21,22)/t15-/m0/s1. The molecule has 1 saturated heterocycles. The number of nitrogens with zero attached hydrogens (tertiary/aromatic N) is 2. The molecule has 0 bridgehead atoms. The third-order valence-corrected chi connectivity index (χ3v) is 4.79. The van der Waals surface area contributed by atoms with Crippen LogP contribution in [0.4, 0.5) is 4.79 Å². The molecule has 1 aliphatic heterocycles. The predicted molar refractivity (Wildman–Crippen MR) is 96.6 cm³/mol. The van der Waals surface area contributed by atoms with Crippen LogP contribution in [0.15, 0.2) is 24.5 Å². The van der Waals surface area contributed by atoms with Gasteiger partial charge >= 0.3 is 12.0 Å². The summed E-state index contributed by atoms with van der Waals surface area (Å²) in [5.41, 5.74) is 1.03. The molecule has 1 atom stereocenters. The van der Waals surface area contributed by atoms with Gasteiger partial charge in [-0.2, -0.15) is 11.8 Å². The zero-order valence-corrected chi connectivity index (χ0v) is 15.2. The third-order valence-electron chi connectivity index (χ3n) is 4.14. The van der Waals surface area contributed by atoms with Crippen molar-refractivity contribution in [3.63, 3.8) is 0 Å². The van der Waals surface area contributed by atoms with Crippen molar-refractivity contribution in [2.24, 2.45) is 0 Å². The van der Waals surface area contributed by atoms with Crippen molar-refractivity contribution < 1.29 is 19.4 Å². The maximum atomic E-state index is 12.3. The minimum absolute atomic E-state index is 0.107. The molecule has 138 valence electrons. The first-order valence-corrected chi connectivity index (χ1v) is 9.77. The van der Waals surface area contributed by atoms with Crippen molar-refractivity contribution in [2.75, 3.05) is 25.1 Å². The Labute approximate surface area is 152 Å². The summed E-state index contributed by atoms with van der Waals surface area (Å²) in [7, 11) is 0. The van der Waals surface area contributed by atoms with Gasteiger partial charge in [-0.15, -0.1) is 0 Å². The fraction of sp³-hybridized carbons (Fsp3) is 0.588. The summed E-state index contributed by atoms with van der Waals surface area (Å²) in [6.45, 7) is 1.65. The lowest BCUT2D eigenvalue weighted by Gasteiger charge is -2.32. The zero-order valence-electron chi connectivity index (χ0n) is 14.4. The molecule has 1 aliphatic rings. The van der Waals surface area contributed by atoms with Gasteiger partial charge in [-0.3, -0.25) is 4.98 Å². The number of carbonyl (C=O) groups excluding carboxylic acids is 1. The molecule has 25 heavy (non-hydrogen) atoms. The highest BCUT2D eigenvalue weighted by Gasteiger charge is 2.26. The number of carboxylic acids is 1. The van der Waals surface area contributed by atoms with Crippen molar-refractivity contribution in [2.45, 2.75) is 38.0 Å². The minimum Gasteiger partial charge on any atom is -0.480 e. The van der Waals surface area contributed by atoms with Crippen LogP contribution in [0.1, 0.15) is 24.8 Å². The SMILES string of the molecule is CSCC[C@H](NC(=O)N1CCC(OCc2cccnc2)CC1)C(=O)O. The van der Waals surface area contributed by atoms with Gasteiger partial charge in [0.15, 0.2) is 0 Å². The normalized spacial score (nSPS) is 16.4. The molecule has 2 amide bonds. The summed E-state index contributed by atoms with van der Waals surface area (Å²) >= 11 is 1.56. The second-order valence-corrected chi connectivity index (χ2v) is 6.97. The van der Waals surface area contributed by atoms with Crippen molar-refractivity contribution in [3.05, 3.63) is 30.1 Å². The number of likely N-dealkylation sites (tertiary alicyclic amines) is 1. The van der Waals surface area contributed by atoms with Crippen LogP contribution < -0.4 is 5.32 Å². The second-order valence-electron chi connectivity index (χ2n) is 5.98. The summed E-state index contributed by atoms with van der Waals surface area (Å²) in [5.74, 6) is -0.293. The summed E-state index contributed by atoms with van der Waals surface area (Å²) in [6, 6.07) is 2.70. The van der Waals surface area contributed by atoms with Gasteiger partial charge in [-0.1, -0.05) is 6.07 Å². The van der Waals surface area contributed by atoms with Crippen LogP contribution in [0.2, 0.25) is 0 Å². The molecule has 2 N–H and O–H groups in total. The largest absolute Gasteiger partial charge is 0.480 e. The van der Waals surface area contributed by atoms with E-state index in [-0.39, 0.29) is 12.1 Å². The van der Waals surface area contributed by atoms with Crippen LogP contribution in [0.3, 0.4) is 0 Å². The zero-order chi connectivity index (χ0) is 18.1. The third kappa shape index (κ3) is 6.55. The Hall–Kier alpha value is -1.80. The van der Waals surface area contributed by atoms with Gasteiger partial charge in [-0.25, -0.2) is 9.59 Å². The van der Waals surface area contributed by atoms with Gasteiger partial charge in [0.05, 0.1) is 12.7 Å². The Balaban J connectivity index is 1.73. The van der Waals surface area contributed by atoms with Crippen LogP contribution in [0.5, 0.6) is 0 Å². The first kappa shape index (κ1) is 19.5. The molecule has 2 rings (SSSR count). The van der Waals surface area contributed by atoms with E-state index in [2.05, 4.69) is 10.3 Å². The number of amides is 2. The number of ether oxygens (including phenoxy) is 1. The Morgan fingerprint density at radius 2 is 2.24 bits per heavy atom. The molecule has 1 aromatic heterocycles. The number of hydrogen-bond donors (Lipinski definition) is 2. The maximum absolute atomic E-state index is 12.3. The first-order valence-electron chi connectivity index (χ1n) is 8.38. The lowest BCUT2D eigenvalue weighted by molar-refractivity contribution is -0.139. The van der Waals surface area contributed by atoms with Crippen LogP contribution in [0, 0.1) is 0 Å². The van der Waals surface area contributed by atoms with Gasteiger partial charge < -0.3 is 20.1 Å². The molecule has 0 unspecified atom stereocenters. The van der Waals surface area contributed by atoms with E-state index in [9.17, 15) is 14.7 Å². The molecule has 0 aliphatic carbocycles. The van der Waals surface area contributed by atoms with E-state index in [1.807, 2.05) is 18.4 Å². The maximum Gasteiger partial charge on any atom is 0.326 e. The number of piperidine rings is 1. The average molecular weight is 367 g/mol. The van der Waals surface area contributed by atoms with E-state index in [0.717, 1.165) is 18.4 Å². The number of urea groups is 1. The number of carbonyl (C=O) groups is 2. The number of thioether (sulfide) groups is 1. The Bertz CT molecular complexity index is 550. The summed E-state index contributed by atoms with van der Waals surface area (Å²) < 4.78 is 5.87. The number of aromatic nitrogens is 1. The molecule has 1 aromatic rings. The van der Waals surface area contributed by atoms with E-state index in [0.29, 0.717) is 31.9 Å². The van der Waals surface area contributed by atoms with Crippen molar-refractivity contribution >= 4 is 23.8 Å². The molecule has 1 fully saturated rings. The van der Waals surface area contributed by atoms with E-state index in [4.69, 9.17) is 4.74 Å². The van der Waals surface area contributed by atoms with Gasteiger partial charge in [0.2, 0.25) is 0 Å². The molecular formula is C17H25N3O4S. The molecular weight excluding hydrogens is 342 g/mol. The number of rotatable bonds is 8. The summed E-state index contributed by atoms with van der Waals surface area (Å²) in [5, 5.41) is 11.8. The Morgan fingerprint density at radius 3 is 2.84 bits per heavy atom. The smallest absolute Gasteiger partial charge is 0.326 e. The monoisotopic (exact) mass is 367 g/mol. The lowest BCUT2D eigenvalue weighted by atomic mass is 10.1. The van der Waals surface area contributed by atoms with Gasteiger partial charge in [0.25, 0.3) is 0 Å². The highest BCUT2D eigenvalue weighted by Crippen LogP contribution is 2.16. The Morgan fingerprint density at radius 1 is 1.48 bits per heavy atom. The summed E-state index contributed by atoms with van der Waals surface area (Å²) in [4.78, 5) is 29.2. The predicted octanol–water partition coefficient (Wildman–Crippen LogP) is 1.98. The van der Waals surface area contributed by atoms with Crippen LogP contribution >= 0.6 is 11.8 Å². The average Bonchev–Trinajstić information content (AvgIpc) is 2.64. The second kappa shape index (κ2) is 10.2. The molecule has 0 aromatic carbocycles. The van der Waals surface area contributed by atoms with E-state index in [1.165, 1.54) is 0 Å². The molecule has 2 heterocycles. The van der Waals surface area contributed by atoms with Crippen molar-refractivity contribution in [3.8, 4) is 0 Å². The van der Waals surface area contributed by atoms with Crippen LogP contribution in [0.25, 0.3) is 0 Å². The highest BCUT2D eigenvalue weighted by atomic mass is 32.2. The van der Waals surface area contributed by atoms with E-state index < -0.39 is 12.0 Å². The Kier molecular flexibility index (Phi) is 8.00. The van der Waals surface area contributed by atoms with Crippen LogP contribution in [-0.2, 0) is 16.1 Å². The fourth-order valence-corrected chi connectivity index (χ4v) is 3.13. The molecule has 0 spiro atoms. The van der Waals surface area contributed by atoms with E-state index >= 15 is 0 Å². The topological polar surface area (TPSA) is 91.8 Å². The van der Waals surface area contributed by atoms with Gasteiger partial charge in [-0.05, 0) is 42.9 Å². The van der Waals surface area contributed by atoms with Crippen molar-refractivity contribution in [1.82, 2.24) is 15.2 Å². The number of hydrogen-bond acceptors (Lipinski definition) is 5. The summed E-state index contributed by atoms with van der Waals surface area (Å²) in [6.07, 6.45) is 7.44. The number of aliphatic carboxylic acids is 1. The number of nitrogens with one attached hydrogen (secondary N) is 1. The van der Waals surface area contributed by atoms with E-state index in [1.54, 1.807) is 29.1 Å². The molecule has 7 nitrogen and oxygen atoms in total. The molecule has 0 radical (unpaired) electrons. The highest BCUT2D eigenvalue weighted by molar-refractivity contribution is 7.98. The first-order chi connectivity index (χ1) is 12.1. The van der Waals surface area contributed by atoms with Gasteiger partial charge in [0.1, 0.15) is 6.04 Å². The lowest BCUT2D eigenvalue weighted by Crippen LogP contribution is -2.51. The van der Waals surface area contributed by atoms with Crippen molar-refractivity contribution in [1.29, 1.82) is 0 Å². The van der Waals surface area contributed by atoms with Crippen LogP contribution in [-0.4, -0.2) is 64.2 Å². The molecule has 0 saturated carbocycles. The number of pyridine rings is 1. The quantitative estimate of drug-likeness (QED) is 0.730. The minimum atomic E-state index is -0.989. The van der Waals surface area contributed by atoms with Gasteiger partial charge in [0, 0.05) is 25.5 Å². The molecule has 8 heteroatoms.